The summed E-state index contributed by atoms with van der Waals surface area (Å²) in [4.78, 5) is 11.4. The van der Waals surface area contributed by atoms with Crippen LogP contribution in [0.25, 0.3) is 11.5 Å². The summed E-state index contributed by atoms with van der Waals surface area (Å²) in [7, 11) is 3.33. The van der Waals surface area contributed by atoms with E-state index < -0.39 is 0 Å². The monoisotopic (exact) mass is 410 g/mol. The molecular formula is C22H26N4O4. The van der Waals surface area contributed by atoms with Crippen LogP contribution >= 0.6 is 0 Å². The Morgan fingerprint density at radius 1 is 1.13 bits per heavy atom. The van der Waals surface area contributed by atoms with Gasteiger partial charge in [0.2, 0.25) is 11.7 Å². The van der Waals surface area contributed by atoms with E-state index in [1.165, 1.54) is 5.56 Å². The summed E-state index contributed by atoms with van der Waals surface area (Å²) in [6, 6.07) is 11.8. The average molecular weight is 410 g/mol. The summed E-state index contributed by atoms with van der Waals surface area (Å²) in [6.45, 7) is 2.79. The van der Waals surface area contributed by atoms with Crippen LogP contribution < -0.4 is 9.47 Å². The van der Waals surface area contributed by atoms with Crippen molar-refractivity contribution in [3.8, 4) is 23.0 Å². The number of pyridine rings is 1. The molecule has 2 aromatic heterocycles. The van der Waals surface area contributed by atoms with Crippen LogP contribution in [0, 0.1) is 0 Å². The molecule has 1 fully saturated rings. The van der Waals surface area contributed by atoms with Crippen molar-refractivity contribution in [1.29, 1.82) is 0 Å². The molecule has 0 bridgehead atoms. The molecular weight excluding hydrogens is 384 g/mol. The molecule has 4 rings (SSSR count). The zero-order valence-corrected chi connectivity index (χ0v) is 17.3. The number of hydrogen-bond donors (Lipinski definition) is 0. The van der Waals surface area contributed by atoms with Gasteiger partial charge in [-0.2, -0.15) is 4.98 Å². The molecule has 1 saturated heterocycles. The van der Waals surface area contributed by atoms with Gasteiger partial charge in [-0.3, -0.25) is 9.88 Å². The Kier molecular flexibility index (Phi) is 6.56. The fourth-order valence-corrected chi connectivity index (χ4v) is 3.64. The predicted octanol–water partition coefficient (Wildman–Crippen LogP) is 3.50. The molecule has 30 heavy (non-hydrogen) atoms. The quantitative estimate of drug-likeness (QED) is 0.496. The van der Waals surface area contributed by atoms with Crippen molar-refractivity contribution >= 4 is 0 Å². The van der Waals surface area contributed by atoms with Gasteiger partial charge in [-0.05, 0) is 43.1 Å². The van der Waals surface area contributed by atoms with Crippen LogP contribution in [0.2, 0.25) is 0 Å². The van der Waals surface area contributed by atoms with E-state index in [9.17, 15) is 0 Å². The molecule has 0 aliphatic carbocycles. The number of aromatic nitrogens is 3. The molecule has 3 aromatic rings. The van der Waals surface area contributed by atoms with Gasteiger partial charge in [0.15, 0.2) is 0 Å². The zero-order chi connectivity index (χ0) is 20.8. The van der Waals surface area contributed by atoms with Gasteiger partial charge < -0.3 is 18.7 Å². The zero-order valence-electron chi connectivity index (χ0n) is 17.3. The Hall–Kier alpha value is -2.97. The molecule has 1 aromatic carbocycles. The van der Waals surface area contributed by atoms with E-state index >= 15 is 0 Å². The summed E-state index contributed by atoms with van der Waals surface area (Å²) in [5.74, 6) is 2.65. The molecule has 0 amide bonds. The van der Waals surface area contributed by atoms with Gasteiger partial charge in [0.25, 0.3) is 0 Å². The van der Waals surface area contributed by atoms with Gasteiger partial charge in [-0.15, -0.1) is 0 Å². The minimum atomic E-state index is 0.0959. The lowest BCUT2D eigenvalue weighted by molar-refractivity contribution is 0.146. The summed E-state index contributed by atoms with van der Waals surface area (Å²) < 4.78 is 21.6. The molecule has 0 unspecified atom stereocenters. The van der Waals surface area contributed by atoms with Crippen molar-refractivity contribution in [2.75, 3.05) is 34.0 Å². The highest BCUT2D eigenvalue weighted by molar-refractivity contribution is 5.50. The van der Waals surface area contributed by atoms with E-state index in [-0.39, 0.29) is 6.04 Å². The van der Waals surface area contributed by atoms with Crippen LogP contribution in [0.5, 0.6) is 11.5 Å². The molecule has 3 heterocycles. The lowest BCUT2D eigenvalue weighted by atomic mass is 10.1. The first kappa shape index (κ1) is 20.3. The average Bonchev–Trinajstić information content (AvgIpc) is 3.44. The molecule has 0 radical (unpaired) electrons. The SMILES string of the molecule is COCCOc1ccnc(-c2noc([C@H]3CCCN3Cc3cccc(OC)c3)n2)c1. The number of ether oxygens (including phenoxy) is 3. The van der Waals surface area contributed by atoms with E-state index in [2.05, 4.69) is 32.2 Å². The number of hydrogen-bond acceptors (Lipinski definition) is 8. The highest BCUT2D eigenvalue weighted by Crippen LogP contribution is 2.33. The van der Waals surface area contributed by atoms with E-state index in [0.29, 0.717) is 36.4 Å². The maximum absolute atomic E-state index is 5.65. The maximum atomic E-state index is 5.65. The van der Waals surface area contributed by atoms with Crippen molar-refractivity contribution < 1.29 is 18.7 Å². The van der Waals surface area contributed by atoms with Gasteiger partial charge in [-0.25, -0.2) is 0 Å². The van der Waals surface area contributed by atoms with Gasteiger partial charge in [0, 0.05) is 25.9 Å². The lowest BCUT2D eigenvalue weighted by Crippen LogP contribution is -2.23. The van der Waals surface area contributed by atoms with Gasteiger partial charge in [-0.1, -0.05) is 17.3 Å². The minimum Gasteiger partial charge on any atom is -0.497 e. The molecule has 8 heteroatoms. The van der Waals surface area contributed by atoms with Crippen LogP contribution in [0.15, 0.2) is 47.1 Å². The number of likely N-dealkylation sites (tertiary alicyclic amines) is 1. The Morgan fingerprint density at radius 2 is 2.07 bits per heavy atom. The second-order valence-electron chi connectivity index (χ2n) is 7.15. The van der Waals surface area contributed by atoms with Crippen molar-refractivity contribution in [2.45, 2.75) is 25.4 Å². The highest BCUT2D eigenvalue weighted by atomic mass is 16.5. The number of rotatable bonds is 9. The minimum absolute atomic E-state index is 0.0959. The van der Waals surface area contributed by atoms with Crippen LogP contribution in [-0.4, -0.2) is 54.0 Å². The van der Waals surface area contributed by atoms with Crippen LogP contribution in [0.1, 0.15) is 30.3 Å². The standard InChI is InChI=1S/C22H26N4O4/c1-27-11-12-29-18-8-9-23-19(14-18)21-24-22(30-25-21)20-7-4-10-26(20)15-16-5-3-6-17(13-16)28-2/h3,5-6,8-9,13-14,20H,4,7,10-12,15H2,1-2H3/t20-/m1/s1. The molecule has 0 N–H and O–H groups in total. The van der Waals surface area contributed by atoms with Crippen molar-refractivity contribution in [2.24, 2.45) is 0 Å². The van der Waals surface area contributed by atoms with Gasteiger partial charge in [0.1, 0.15) is 23.8 Å². The fourth-order valence-electron chi connectivity index (χ4n) is 3.64. The second kappa shape index (κ2) is 9.69. The smallest absolute Gasteiger partial charge is 0.244 e. The normalized spacial score (nSPS) is 16.7. The highest BCUT2D eigenvalue weighted by Gasteiger charge is 2.31. The molecule has 1 atom stereocenters. The third-order valence-corrected chi connectivity index (χ3v) is 5.13. The van der Waals surface area contributed by atoms with Crippen molar-refractivity contribution in [3.63, 3.8) is 0 Å². The van der Waals surface area contributed by atoms with E-state index in [4.69, 9.17) is 18.7 Å². The van der Waals surface area contributed by atoms with Crippen LogP contribution in [0.3, 0.4) is 0 Å². The van der Waals surface area contributed by atoms with Gasteiger partial charge >= 0.3 is 0 Å². The summed E-state index contributed by atoms with van der Waals surface area (Å²) in [6.07, 6.45) is 3.75. The van der Waals surface area contributed by atoms with Crippen molar-refractivity contribution in [1.82, 2.24) is 20.0 Å². The Labute approximate surface area is 175 Å². The Morgan fingerprint density at radius 3 is 2.93 bits per heavy atom. The third kappa shape index (κ3) is 4.77. The van der Waals surface area contributed by atoms with Crippen LogP contribution in [-0.2, 0) is 11.3 Å². The summed E-state index contributed by atoms with van der Waals surface area (Å²) in [5.41, 5.74) is 1.82. The third-order valence-electron chi connectivity index (χ3n) is 5.13. The first-order valence-electron chi connectivity index (χ1n) is 10.1. The Balaban J connectivity index is 1.47. The summed E-state index contributed by atoms with van der Waals surface area (Å²) in [5, 5.41) is 4.16. The second-order valence-corrected chi connectivity index (χ2v) is 7.15. The summed E-state index contributed by atoms with van der Waals surface area (Å²) >= 11 is 0. The molecule has 1 aliphatic heterocycles. The number of benzene rings is 1. The van der Waals surface area contributed by atoms with E-state index in [0.717, 1.165) is 31.7 Å². The molecule has 0 saturated carbocycles. The van der Waals surface area contributed by atoms with E-state index in [1.807, 2.05) is 18.2 Å². The molecule has 0 spiro atoms. The predicted molar refractivity (Wildman–Crippen MR) is 110 cm³/mol. The molecule has 8 nitrogen and oxygen atoms in total. The number of methoxy groups -OCH3 is 2. The van der Waals surface area contributed by atoms with Crippen LogP contribution in [0.4, 0.5) is 0 Å². The van der Waals surface area contributed by atoms with E-state index in [1.54, 1.807) is 26.5 Å². The maximum Gasteiger partial charge on any atom is 0.244 e. The fraction of sp³-hybridized carbons (Fsp3) is 0.409. The van der Waals surface area contributed by atoms with Gasteiger partial charge in [0.05, 0.1) is 19.8 Å². The molecule has 158 valence electrons. The lowest BCUT2D eigenvalue weighted by Gasteiger charge is -2.21. The molecule has 1 aliphatic rings. The number of nitrogens with zero attached hydrogens (tertiary/aromatic N) is 4. The Bertz CT molecular complexity index is 962. The first-order chi connectivity index (χ1) is 14.8. The topological polar surface area (TPSA) is 82.7 Å². The van der Waals surface area contributed by atoms with Crippen molar-refractivity contribution in [3.05, 3.63) is 54.0 Å². The first-order valence-corrected chi connectivity index (χ1v) is 10.1. The largest absolute Gasteiger partial charge is 0.497 e.